The van der Waals surface area contributed by atoms with E-state index in [4.69, 9.17) is 0 Å². The lowest BCUT2D eigenvalue weighted by atomic mass is 10.3. The second kappa shape index (κ2) is 6.51. The number of rotatable bonds is 4. The third-order valence-corrected chi connectivity index (χ3v) is 4.32. The zero-order chi connectivity index (χ0) is 18.2. The van der Waals surface area contributed by atoms with Gasteiger partial charge in [-0.1, -0.05) is 11.8 Å². The Morgan fingerprint density at radius 2 is 2.00 bits per heavy atom. The van der Waals surface area contributed by atoms with Crippen LogP contribution in [0.1, 0.15) is 18.4 Å². The van der Waals surface area contributed by atoms with Gasteiger partial charge in [0.1, 0.15) is 11.6 Å². The normalized spacial score (nSPS) is 12.0. The molecule has 0 atom stereocenters. The molecule has 1 N–H and O–H groups in total. The van der Waals surface area contributed by atoms with E-state index in [0.717, 1.165) is 17.3 Å². The van der Waals surface area contributed by atoms with Gasteiger partial charge in [0.05, 0.1) is 16.8 Å². The molecule has 5 nitrogen and oxygen atoms in total. The van der Waals surface area contributed by atoms with E-state index in [0.29, 0.717) is 24.0 Å². The van der Waals surface area contributed by atoms with Gasteiger partial charge in [-0.3, -0.25) is 4.79 Å². The summed E-state index contributed by atoms with van der Waals surface area (Å²) in [5, 5.41) is -0.152. The van der Waals surface area contributed by atoms with Crippen molar-refractivity contribution in [1.82, 2.24) is 19.5 Å². The first-order chi connectivity index (χ1) is 11.8. The molecule has 0 aliphatic carbocycles. The fourth-order valence-electron chi connectivity index (χ4n) is 2.40. The summed E-state index contributed by atoms with van der Waals surface area (Å²) in [4.78, 5) is 21.4. The number of nitrogens with zero attached hydrogens (tertiary/aromatic N) is 3. The average Bonchev–Trinajstić information content (AvgIpc) is 2.88. The SMILES string of the molecule is CCn1c(CSc2nc(C(F)(F)F)cc(=O)[nH]2)nc2cc(F)ccc21. The van der Waals surface area contributed by atoms with Gasteiger partial charge in [0, 0.05) is 18.7 Å². The van der Waals surface area contributed by atoms with Gasteiger partial charge in [-0.05, 0) is 19.1 Å². The zero-order valence-electron chi connectivity index (χ0n) is 12.9. The topological polar surface area (TPSA) is 63.6 Å². The molecule has 25 heavy (non-hydrogen) atoms. The van der Waals surface area contributed by atoms with Gasteiger partial charge in [0.25, 0.3) is 5.56 Å². The molecule has 0 aliphatic rings. The van der Waals surface area contributed by atoms with Crippen LogP contribution in [-0.4, -0.2) is 19.5 Å². The molecule has 0 spiro atoms. The van der Waals surface area contributed by atoms with Crippen LogP contribution in [0.3, 0.4) is 0 Å². The molecule has 0 fully saturated rings. The summed E-state index contributed by atoms with van der Waals surface area (Å²) in [6, 6.07) is 4.62. The van der Waals surface area contributed by atoms with Crippen LogP contribution in [0, 0.1) is 5.82 Å². The summed E-state index contributed by atoms with van der Waals surface area (Å²) in [7, 11) is 0. The predicted octanol–water partition coefficient (Wildman–Crippen LogP) is 3.59. The molecule has 1 aromatic carbocycles. The Labute approximate surface area is 143 Å². The minimum atomic E-state index is -4.70. The van der Waals surface area contributed by atoms with Crippen LogP contribution in [0.15, 0.2) is 34.2 Å². The van der Waals surface area contributed by atoms with E-state index in [-0.39, 0.29) is 10.9 Å². The lowest BCUT2D eigenvalue weighted by Crippen LogP contribution is -2.16. The van der Waals surface area contributed by atoms with Crippen LogP contribution in [0.5, 0.6) is 0 Å². The second-order valence-electron chi connectivity index (χ2n) is 5.13. The van der Waals surface area contributed by atoms with Gasteiger partial charge in [-0.15, -0.1) is 0 Å². The number of benzene rings is 1. The molecular formula is C15H12F4N4OS. The highest BCUT2D eigenvalue weighted by Crippen LogP contribution is 2.28. The Morgan fingerprint density at radius 1 is 1.24 bits per heavy atom. The number of hydrogen-bond acceptors (Lipinski definition) is 4. The van der Waals surface area contributed by atoms with Crippen LogP contribution >= 0.6 is 11.8 Å². The molecule has 0 aliphatic heterocycles. The second-order valence-corrected chi connectivity index (χ2v) is 6.09. The van der Waals surface area contributed by atoms with E-state index < -0.39 is 23.2 Å². The molecule has 3 rings (SSSR count). The third-order valence-electron chi connectivity index (χ3n) is 3.45. The summed E-state index contributed by atoms with van der Waals surface area (Å²) in [6.45, 7) is 2.44. The van der Waals surface area contributed by atoms with E-state index in [1.165, 1.54) is 12.1 Å². The zero-order valence-corrected chi connectivity index (χ0v) is 13.7. The fraction of sp³-hybridized carbons (Fsp3) is 0.267. The first-order valence-electron chi connectivity index (χ1n) is 7.24. The lowest BCUT2D eigenvalue weighted by molar-refractivity contribution is -0.141. The molecule has 0 bridgehead atoms. The van der Waals surface area contributed by atoms with Crippen molar-refractivity contribution in [2.75, 3.05) is 0 Å². The number of fused-ring (bicyclic) bond motifs is 1. The maximum absolute atomic E-state index is 13.3. The van der Waals surface area contributed by atoms with Crippen molar-refractivity contribution in [2.24, 2.45) is 0 Å². The molecule has 10 heteroatoms. The number of H-pyrrole nitrogens is 1. The molecule has 3 aromatic rings. The lowest BCUT2D eigenvalue weighted by Gasteiger charge is -2.08. The predicted molar refractivity (Wildman–Crippen MR) is 84.8 cm³/mol. The molecule has 0 radical (unpaired) electrons. The quantitative estimate of drug-likeness (QED) is 0.432. The number of halogens is 4. The molecule has 2 heterocycles. The Morgan fingerprint density at radius 3 is 2.68 bits per heavy atom. The minimum Gasteiger partial charge on any atom is -0.328 e. The number of nitrogens with one attached hydrogen (secondary N) is 1. The van der Waals surface area contributed by atoms with Gasteiger partial charge in [-0.2, -0.15) is 13.2 Å². The van der Waals surface area contributed by atoms with Crippen molar-refractivity contribution in [3.8, 4) is 0 Å². The Bertz CT molecular complexity index is 980. The first-order valence-corrected chi connectivity index (χ1v) is 8.22. The Kier molecular flexibility index (Phi) is 4.55. The average molecular weight is 372 g/mol. The van der Waals surface area contributed by atoms with Crippen molar-refractivity contribution in [3.05, 3.63) is 52.0 Å². The molecule has 0 saturated carbocycles. The summed E-state index contributed by atoms with van der Waals surface area (Å²) in [5.74, 6) is 0.304. The number of aryl methyl sites for hydroxylation is 1. The number of imidazole rings is 1. The maximum Gasteiger partial charge on any atom is 0.433 e. The van der Waals surface area contributed by atoms with Crippen molar-refractivity contribution in [3.63, 3.8) is 0 Å². The van der Waals surface area contributed by atoms with Gasteiger partial charge in [-0.25, -0.2) is 14.4 Å². The monoisotopic (exact) mass is 372 g/mol. The smallest absolute Gasteiger partial charge is 0.328 e. The van der Waals surface area contributed by atoms with E-state index in [2.05, 4.69) is 15.0 Å². The number of aromatic nitrogens is 4. The van der Waals surface area contributed by atoms with Crippen LogP contribution in [0.25, 0.3) is 11.0 Å². The van der Waals surface area contributed by atoms with Crippen molar-refractivity contribution in [1.29, 1.82) is 0 Å². The van der Waals surface area contributed by atoms with Crippen LogP contribution in [-0.2, 0) is 18.5 Å². The van der Waals surface area contributed by atoms with Crippen molar-refractivity contribution >= 4 is 22.8 Å². The number of hydrogen-bond donors (Lipinski definition) is 1. The highest BCUT2D eigenvalue weighted by Gasteiger charge is 2.33. The largest absolute Gasteiger partial charge is 0.433 e. The first kappa shape index (κ1) is 17.5. The van der Waals surface area contributed by atoms with Gasteiger partial charge in [0.2, 0.25) is 0 Å². The van der Waals surface area contributed by atoms with Crippen LogP contribution in [0.2, 0.25) is 0 Å². The van der Waals surface area contributed by atoms with Crippen molar-refractivity contribution < 1.29 is 17.6 Å². The standard InChI is InChI=1S/C15H12F4N4OS/c1-2-23-10-4-3-8(16)5-9(10)20-12(23)7-25-14-21-11(15(17,18)19)6-13(24)22-14/h3-6H,2,7H2,1H3,(H,21,22,24). The summed E-state index contributed by atoms with van der Waals surface area (Å²) in [5.41, 5.74) is -0.936. The molecule has 0 unspecified atom stereocenters. The minimum absolute atomic E-state index is 0.152. The van der Waals surface area contributed by atoms with E-state index >= 15 is 0 Å². The number of aromatic amines is 1. The molecule has 2 aromatic heterocycles. The highest BCUT2D eigenvalue weighted by molar-refractivity contribution is 7.98. The summed E-state index contributed by atoms with van der Waals surface area (Å²) in [6.07, 6.45) is -4.70. The van der Waals surface area contributed by atoms with Crippen molar-refractivity contribution in [2.45, 2.75) is 30.6 Å². The number of alkyl halides is 3. The Balaban J connectivity index is 1.90. The molecule has 132 valence electrons. The van der Waals surface area contributed by atoms with Gasteiger partial charge in [0.15, 0.2) is 10.9 Å². The molecule has 0 saturated heterocycles. The van der Waals surface area contributed by atoms with Gasteiger partial charge < -0.3 is 9.55 Å². The van der Waals surface area contributed by atoms with E-state index in [9.17, 15) is 22.4 Å². The Hall–Kier alpha value is -2.36. The number of thioether (sulfide) groups is 1. The molecular weight excluding hydrogens is 360 g/mol. The van der Waals surface area contributed by atoms with Gasteiger partial charge >= 0.3 is 6.18 Å². The maximum atomic E-state index is 13.3. The van der Waals surface area contributed by atoms with Crippen LogP contribution in [0.4, 0.5) is 17.6 Å². The summed E-state index contributed by atoms with van der Waals surface area (Å²) < 4.78 is 53.3. The molecule has 0 amide bonds. The third kappa shape index (κ3) is 3.68. The fourth-order valence-corrected chi connectivity index (χ4v) is 3.22. The summed E-state index contributed by atoms with van der Waals surface area (Å²) >= 11 is 0.923. The van der Waals surface area contributed by atoms with E-state index in [1.807, 2.05) is 11.5 Å². The van der Waals surface area contributed by atoms with E-state index in [1.54, 1.807) is 6.07 Å². The highest BCUT2D eigenvalue weighted by atomic mass is 32.2. The van der Waals surface area contributed by atoms with Crippen LogP contribution < -0.4 is 5.56 Å².